The van der Waals surface area contributed by atoms with E-state index in [-0.39, 0.29) is 0 Å². The first-order valence-corrected chi connectivity index (χ1v) is 8.47. The zero-order valence-corrected chi connectivity index (χ0v) is 13.5. The van der Waals surface area contributed by atoms with Crippen LogP contribution in [0.5, 0.6) is 0 Å². The maximum Gasteiger partial charge on any atom is 0.224 e. The SMILES string of the molecule is CCNc1nccc(N2CCN(CC3CCOCC3)CC2)n1. The number of rotatable bonds is 5. The van der Waals surface area contributed by atoms with Crippen molar-refractivity contribution in [2.24, 2.45) is 5.92 Å². The quantitative estimate of drug-likeness (QED) is 0.889. The molecule has 0 atom stereocenters. The molecule has 2 aliphatic rings. The smallest absolute Gasteiger partial charge is 0.224 e. The maximum atomic E-state index is 5.45. The molecule has 122 valence electrons. The predicted octanol–water partition coefficient (Wildman–Crippen LogP) is 1.46. The molecule has 6 heteroatoms. The molecular weight excluding hydrogens is 278 g/mol. The van der Waals surface area contributed by atoms with E-state index in [0.717, 1.165) is 63.6 Å². The summed E-state index contributed by atoms with van der Waals surface area (Å²) in [5.41, 5.74) is 0. The van der Waals surface area contributed by atoms with Gasteiger partial charge in [-0.1, -0.05) is 0 Å². The minimum atomic E-state index is 0.727. The van der Waals surface area contributed by atoms with E-state index in [1.54, 1.807) is 0 Å². The number of aromatic nitrogens is 2. The molecule has 1 aromatic heterocycles. The van der Waals surface area contributed by atoms with Crippen molar-refractivity contribution in [2.45, 2.75) is 19.8 Å². The Hall–Kier alpha value is -1.40. The van der Waals surface area contributed by atoms with Crippen LogP contribution in [0.3, 0.4) is 0 Å². The first-order valence-electron chi connectivity index (χ1n) is 8.47. The molecule has 3 rings (SSSR count). The zero-order valence-electron chi connectivity index (χ0n) is 13.5. The van der Waals surface area contributed by atoms with Gasteiger partial charge in [-0.3, -0.25) is 4.90 Å². The van der Waals surface area contributed by atoms with Gasteiger partial charge < -0.3 is 15.0 Å². The Morgan fingerprint density at radius 3 is 2.73 bits per heavy atom. The van der Waals surface area contributed by atoms with Crippen LogP contribution < -0.4 is 10.2 Å². The molecule has 0 aliphatic carbocycles. The first-order chi connectivity index (χ1) is 10.8. The van der Waals surface area contributed by atoms with E-state index in [4.69, 9.17) is 4.74 Å². The topological polar surface area (TPSA) is 53.5 Å². The summed E-state index contributed by atoms with van der Waals surface area (Å²) in [5, 5.41) is 3.18. The van der Waals surface area contributed by atoms with E-state index in [2.05, 4.69) is 32.0 Å². The average molecular weight is 305 g/mol. The largest absolute Gasteiger partial charge is 0.381 e. The first kappa shape index (κ1) is 15.5. The highest BCUT2D eigenvalue weighted by Gasteiger charge is 2.22. The Labute approximate surface area is 132 Å². The lowest BCUT2D eigenvalue weighted by molar-refractivity contribution is 0.0517. The summed E-state index contributed by atoms with van der Waals surface area (Å²) in [6, 6.07) is 2.01. The van der Waals surface area contributed by atoms with Gasteiger partial charge in [-0.05, 0) is 31.7 Å². The molecule has 0 radical (unpaired) electrons. The Morgan fingerprint density at radius 1 is 1.23 bits per heavy atom. The summed E-state index contributed by atoms with van der Waals surface area (Å²) in [5.74, 6) is 2.58. The molecule has 2 fully saturated rings. The molecule has 0 spiro atoms. The number of nitrogens with one attached hydrogen (secondary N) is 1. The third-order valence-corrected chi connectivity index (χ3v) is 4.53. The highest BCUT2D eigenvalue weighted by atomic mass is 16.5. The van der Waals surface area contributed by atoms with E-state index in [1.165, 1.54) is 19.4 Å². The molecule has 2 saturated heterocycles. The Morgan fingerprint density at radius 2 is 2.00 bits per heavy atom. The molecular formula is C16H27N5O. The van der Waals surface area contributed by atoms with Gasteiger partial charge >= 0.3 is 0 Å². The van der Waals surface area contributed by atoms with Crippen molar-refractivity contribution in [3.8, 4) is 0 Å². The molecule has 22 heavy (non-hydrogen) atoms. The molecule has 2 aliphatic heterocycles. The van der Waals surface area contributed by atoms with Crippen molar-refractivity contribution >= 4 is 11.8 Å². The van der Waals surface area contributed by atoms with Crippen LogP contribution in [-0.4, -0.2) is 67.4 Å². The number of anilines is 2. The van der Waals surface area contributed by atoms with Gasteiger partial charge in [0.25, 0.3) is 0 Å². The van der Waals surface area contributed by atoms with Crippen LogP contribution in [0.25, 0.3) is 0 Å². The molecule has 0 bridgehead atoms. The van der Waals surface area contributed by atoms with E-state index < -0.39 is 0 Å². The van der Waals surface area contributed by atoms with Gasteiger partial charge in [-0.2, -0.15) is 4.98 Å². The molecule has 0 aromatic carbocycles. The predicted molar refractivity (Wildman–Crippen MR) is 88.4 cm³/mol. The summed E-state index contributed by atoms with van der Waals surface area (Å²) in [4.78, 5) is 13.8. The number of ether oxygens (including phenoxy) is 1. The van der Waals surface area contributed by atoms with Gasteiger partial charge in [0.05, 0.1) is 0 Å². The fraction of sp³-hybridized carbons (Fsp3) is 0.750. The van der Waals surface area contributed by atoms with Crippen LogP contribution in [0, 0.1) is 5.92 Å². The van der Waals surface area contributed by atoms with Gasteiger partial charge in [-0.25, -0.2) is 4.98 Å². The monoisotopic (exact) mass is 305 g/mol. The number of hydrogen-bond donors (Lipinski definition) is 1. The fourth-order valence-corrected chi connectivity index (χ4v) is 3.22. The number of nitrogens with zero attached hydrogens (tertiary/aromatic N) is 4. The van der Waals surface area contributed by atoms with E-state index in [9.17, 15) is 0 Å². The second kappa shape index (κ2) is 7.74. The van der Waals surface area contributed by atoms with Gasteiger partial charge in [0.2, 0.25) is 5.95 Å². The summed E-state index contributed by atoms with van der Waals surface area (Å²) < 4.78 is 5.45. The van der Waals surface area contributed by atoms with Crippen LogP contribution >= 0.6 is 0 Å². The highest BCUT2D eigenvalue weighted by molar-refractivity contribution is 5.42. The summed E-state index contributed by atoms with van der Waals surface area (Å²) in [7, 11) is 0. The maximum absolute atomic E-state index is 5.45. The van der Waals surface area contributed by atoms with Crippen LogP contribution in [0.2, 0.25) is 0 Å². The second-order valence-electron chi connectivity index (χ2n) is 6.11. The molecule has 0 unspecified atom stereocenters. The van der Waals surface area contributed by atoms with Gasteiger partial charge in [0.1, 0.15) is 5.82 Å². The summed E-state index contributed by atoms with van der Waals surface area (Å²) >= 11 is 0. The van der Waals surface area contributed by atoms with E-state index >= 15 is 0 Å². The summed E-state index contributed by atoms with van der Waals surface area (Å²) in [6.45, 7) is 10.4. The lowest BCUT2D eigenvalue weighted by Gasteiger charge is -2.37. The second-order valence-corrected chi connectivity index (χ2v) is 6.11. The minimum Gasteiger partial charge on any atom is -0.381 e. The highest BCUT2D eigenvalue weighted by Crippen LogP contribution is 2.19. The normalized spacial score (nSPS) is 21.0. The van der Waals surface area contributed by atoms with Crippen LogP contribution in [-0.2, 0) is 4.74 Å². The third-order valence-electron chi connectivity index (χ3n) is 4.53. The third kappa shape index (κ3) is 4.08. The average Bonchev–Trinajstić information content (AvgIpc) is 2.57. The van der Waals surface area contributed by atoms with E-state index in [0.29, 0.717) is 0 Å². The van der Waals surface area contributed by atoms with Gasteiger partial charge in [0.15, 0.2) is 0 Å². The standard InChI is InChI=1S/C16H27N5O/c1-2-17-16-18-6-3-15(19-16)21-9-7-20(8-10-21)13-14-4-11-22-12-5-14/h3,6,14H,2,4-5,7-13H2,1H3,(H,17,18,19). The Balaban J connectivity index is 1.49. The summed E-state index contributed by atoms with van der Waals surface area (Å²) in [6.07, 6.45) is 4.28. The molecule has 1 N–H and O–H groups in total. The number of piperazine rings is 1. The van der Waals surface area contributed by atoms with Gasteiger partial charge in [-0.15, -0.1) is 0 Å². The lowest BCUT2D eigenvalue weighted by atomic mass is 9.99. The Bertz CT molecular complexity index is 456. The molecule has 1 aromatic rings. The molecule has 0 saturated carbocycles. The van der Waals surface area contributed by atoms with Crippen molar-refractivity contribution in [1.29, 1.82) is 0 Å². The van der Waals surface area contributed by atoms with Crippen molar-refractivity contribution in [3.05, 3.63) is 12.3 Å². The minimum absolute atomic E-state index is 0.727. The van der Waals surface area contributed by atoms with Crippen molar-refractivity contribution in [1.82, 2.24) is 14.9 Å². The Kier molecular flexibility index (Phi) is 5.45. The van der Waals surface area contributed by atoms with Gasteiger partial charge in [0, 0.05) is 58.7 Å². The van der Waals surface area contributed by atoms with Crippen LogP contribution in [0.15, 0.2) is 12.3 Å². The number of hydrogen-bond acceptors (Lipinski definition) is 6. The van der Waals surface area contributed by atoms with Crippen molar-refractivity contribution in [3.63, 3.8) is 0 Å². The molecule has 3 heterocycles. The lowest BCUT2D eigenvalue weighted by Crippen LogP contribution is -2.48. The van der Waals surface area contributed by atoms with E-state index in [1.807, 2.05) is 12.3 Å². The fourth-order valence-electron chi connectivity index (χ4n) is 3.22. The van der Waals surface area contributed by atoms with Crippen LogP contribution in [0.1, 0.15) is 19.8 Å². The molecule has 6 nitrogen and oxygen atoms in total. The van der Waals surface area contributed by atoms with Crippen molar-refractivity contribution < 1.29 is 4.74 Å². The molecule has 0 amide bonds. The van der Waals surface area contributed by atoms with Crippen molar-refractivity contribution in [2.75, 3.05) is 62.7 Å². The zero-order chi connectivity index (χ0) is 15.2. The van der Waals surface area contributed by atoms with Crippen LogP contribution in [0.4, 0.5) is 11.8 Å².